The van der Waals surface area contributed by atoms with Crippen LogP contribution >= 0.6 is 23.5 Å². The zero-order chi connectivity index (χ0) is 35.5. The van der Waals surface area contributed by atoms with Gasteiger partial charge in [0, 0.05) is 25.3 Å². The second-order valence-corrected chi connectivity index (χ2v) is 15.2. The van der Waals surface area contributed by atoms with Gasteiger partial charge in [-0.2, -0.15) is 11.8 Å². The fraction of sp³-hybridized carbons (Fsp3) is 0.341. The zero-order valence-corrected chi connectivity index (χ0v) is 30.6. The van der Waals surface area contributed by atoms with Gasteiger partial charge in [0.05, 0.1) is 10.8 Å². The number of carbonyl (C=O) groups excluding carboxylic acids is 2. The van der Waals surface area contributed by atoms with Crippen molar-refractivity contribution in [2.24, 2.45) is 5.92 Å². The first kappa shape index (κ1) is 37.2. The third-order valence-corrected chi connectivity index (χ3v) is 11.5. The molecular weight excluding hydrogens is 663 g/mol. The summed E-state index contributed by atoms with van der Waals surface area (Å²) in [6.07, 6.45) is 2.54. The van der Waals surface area contributed by atoms with Crippen molar-refractivity contribution in [2.75, 3.05) is 24.3 Å². The SMILES string of the molecule is CSCC[C@@H](NC(=O)C1Cc2ccccc2CN1C(=O)[C@@H](NCCSC(c1ccccc1)(c1ccccc1)c1ccccc1)C(C)C)C(=O)O. The predicted octanol–water partition coefficient (Wildman–Crippen LogP) is 6.60. The Bertz CT molecular complexity index is 1610. The summed E-state index contributed by atoms with van der Waals surface area (Å²) >= 11 is 3.36. The van der Waals surface area contributed by atoms with Gasteiger partial charge in [-0.05, 0) is 52.2 Å². The van der Waals surface area contributed by atoms with E-state index in [2.05, 4.69) is 83.4 Å². The number of rotatable bonds is 16. The van der Waals surface area contributed by atoms with Gasteiger partial charge in [0.2, 0.25) is 11.8 Å². The van der Waals surface area contributed by atoms with E-state index in [1.165, 1.54) is 28.5 Å². The first-order valence-corrected chi connectivity index (χ1v) is 19.6. The molecule has 0 saturated heterocycles. The largest absolute Gasteiger partial charge is 0.480 e. The first-order valence-electron chi connectivity index (χ1n) is 17.2. The number of nitrogens with one attached hydrogen (secondary N) is 2. The summed E-state index contributed by atoms with van der Waals surface area (Å²) in [7, 11) is 0. The van der Waals surface area contributed by atoms with Gasteiger partial charge in [0.15, 0.2) is 0 Å². The number of thioether (sulfide) groups is 2. The van der Waals surface area contributed by atoms with Gasteiger partial charge in [-0.3, -0.25) is 9.59 Å². The van der Waals surface area contributed by atoms with Crippen LogP contribution in [0.2, 0.25) is 0 Å². The van der Waals surface area contributed by atoms with Crippen molar-refractivity contribution in [3.8, 4) is 0 Å². The molecule has 4 aromatic rings. The summed E-state index contributed by atoms with van der Waals surface area (Å²) < 4.78 is -0.473. The number of carbonyl (C=O) groups is 3. The molecule has 1 unspecified atom stereocenters. The number of carboxylic acids is 1. The molecule has 4 aromatic carbocycles. The minimum absolute atomic E-state index is 0.0520. The quantitative estimate of drug-likeness (QED) is 0.0891. The lowest BCUT2D eigenvalue weighted by Gasteiger charge is -2.39. The lowest BCUT2D eigenvalue weighted by Crippen LogP contribution is -2.59. The minimum atomic E-state index is -1.07. The maximum Gasteiger partial charge on any atom is 0.326 e. The standard InChI is InChI=1S/C41H47N3O4S2/c1-29(2)37(39(46)44-28-31-16-14-13-15-30(31)27-36(44)38(45)43-35(40(47)48)23-25-49-3)42-24-26-50-41(32-17-7-4-8-18-32,33-19-9-5-10-20-33)34-21-11-6-12-22-34/h4-22,29,35-37,42H,23-28H2,1-3H3,(H,43,45)(H,47,48)/t35-,36?,37+/m1/s1. The molecule has 262 valence electrons. The summed E-state index contributed by atoms with van der Waals surface area (Å²) in [4.78, 5) is 41.9. The van der Waals surface area contributed by atoms with Crippen LogP contribution in [-0.2, 0) is 32.1 Å². The van der Waals surface area contributed by atoms with Gasteiger partial charge in [-0.15, -0.1) is 11.8 Å². The molecule has 7 nitrogen and oxygen atoms in total. The van der Waals surface area contributed by atoms with Gasteiger partial charge in [0.25, 0.3) is 0 Å². The molecule has 0 fully saturated rings. The van der Waals surface area contributed by atoms with E-state index in [9.17, 15) is 19.5 Å². The van der Waals surface area contributed by atoms with Crippen LogP contribution < -0.4 is 10.6 Å². The molecule has 1 aliphatic rings. The molecule has 0 saturated carbocycles. The van der Waals surface area contributed by atoms with Crippen molar-refractivity contribution < 1.29 is 19.5 Å². The summed E-state index contributed by atoms with van der Waals surface area (Å²) in [5.41, 5.74) is 5.53. The Morgan fingerprint density at radius 3 is 1.82 bits per heavy atom. The van der Waals surface area contributed by atoms with E-state index < -0.39 is 34.7 Å². The Labute approximate surface area is 304 Å². The van der Waals surface area contributed by atoms with Gasteiger partial charge < -0.3 is 20.6 Å². The number of hydrogen-bond donors (Lipinski definition) is 3. The van der Waals surface area contributed by atoms with Gasteiger partial charge >= 0.3 is 5.97 Å². The van der Waals surface area contributed by atoms with Crippen LogP contribution in [-0.4, -0.2) is 70.2 Å². The summed E-state index contributed by atoms with van der Waals surface area (Å²) in [5.74, 6) is -0.404. The molecule has 3 N–H and O–H groups in total. The van der Waals surface area contributed by atoms with Gasteiger partial charge in [0.1, 0.15) is 12.1 Å². The topological polar surface area (TPSA) is 98.7 Å². The minimum Gasteiger partial charge on any atom is -0.480 e. The lowest BCUT2D eigenvalue weighted by molar-refractivity contribution is -0.146. The van der Waals surface area contributed by atoms with Crippen LogP contribution in [0.1, 0.15) is 48.1 Å². The number of carboxylic acid groups (broad SMARTS) is 1. The monoisotopic (exact) mass is 709 g/mol. The second kappa shape index (κ2) is 17.7. The summed E-state index contributed by atoms with van der Waals surface area (Å²) in [6, 6.07) is 37.1. The maximum atomic E-state index is 14.5. The molecule has 1 heterocycles. The first-order chi connectivity index (χ1) is 24.3. The van der Waals surface area contributed by atoms with Crippen molar-refractivity contribution in [3.63, 3.8) is 0 Å². The summed E-state index contributed by atoms with van der Waals surface area (Å²) in [5, 5.41) is 16.1. The van der Waals surface area contributed by atoms with Crippen molar-refractivity contribution in [3.05, 3.63) is 143 Å². The van der Waals surface area contributed by atoms with Crippen LogP contribution in [0.4, 0.5) is 0 Å². The van der Waals surface area contributed by atoms with Crippen molar-refractivity contribution in [1.82, 2.24) is 15.5 Å². The Morgan fingerprint density at radius 2 is 1.32 bits per heavy atom. The number of benzene rings is 4. The average Bonchev–Trinajstić information content (AvgIpc) is 3.15. The molecule has 0 radical (unpaired) electrons. The van der Waals surface area contributed by atoms with Gasteiger partial charge in [-0.1, -0.05) is 129 Å². The van der Waals surface area contributed by atoms with Crippen LogP contribution in [0.3, 0.4) is 0 Å². The second-order valence-electron chi connectivity index (χ2n) is 12.9. The fourth-order valence-electron chi connectivity index (χ4n) is 6.72. The maximum absolute atomic E-state index is 14.5. The number of fused-ring (bicyclic) bond motifs is 1. The lowest BCUT2D eigenvalue weighted by atomic mass is 9.84. The molecule has 50 heavy (non-hydrogen) atoms. The van der Waals surface area contributed by atoms with Crippen molar-refractivity contribution in [2.45, 2.75) is 56.1 Å². The van der Waals surface area contributed by atoms with E-state index in [1.54, 1.807) is 4.90 Å². The Kier molecular flexibility index (Phi) is 13.2. The molecule has 0 spiro atoms. The van der Waals surface area contributed by atoms with Crippen LogP contribution in [0.25, 0.3) is 0 Å². The molecule has 0 bridgehead atoms. The Morgan fingerprint density at radius 1 is 0.800 bits per heavy atom. The van der Waals surface area contributed by atoms with Crippen LogP contribution in [0.5, 0.6) is 0 Å². The highest BCUT2D eigenvalue weighted by Crippen LogP contribution is 2.48. The smallest absolute Gasteiger partial charge is 0.326 e. The normalized spacial score (nSPS) is 15.6. The molecule has 1 aliphatic heterocycles. The van der Waals surface area contributed by atoms with Crippen molar-refractivity contribution >= 4 is 41.3 Å². The highest BCUT2D eigenvalue weighted by Gasteiger charge is 2.40. The molecule has 2 amide bonds. The van der Waals surface area contributed by atoms with E-state index in [4.69, 9.17) is 0 Å². The van der Waals surface area contributed by atoms with Gasteiger partial charge in [-0.25, -0.2) is 4.79 Å². The van der Waals surface area contributed by atoms with Crippen LogP contribution in [0.15, 0.2) is 115 Å². The highest BCUT2D eigenvalue weighted by molar-refractivity contribution is 8.00. The predicted molar refractivity (Wildman–Crippen MR) is 205 cm³/mol. The Hall–Kier alpha value is -4.05. The third-order valence-electron chi connectivity index (χ3n) is 9.32. The van der Waals surface area contributed by atoms with E-state index in [0.29, 0.717) is 30.9 Å². The number of amides is 2. The number of aliphatic carboxylic acids is 1. The number of hydrogen-bond acceptors (Lipinski definition) is 6. The molecule has 5 rings (SSSR count). The third kappa shape index (κ3) is 8.63. The molecule has 3 atom stereocenters. The average molecular weight is 710 g/mol. The number of nitrogens with zero attached hydrogens (tertiary/aromatic N) is 1. The van der Waals surface area contributed by atoms with Crippen molar-refractivity contribution in [1.29, 1.82) is 0 Å². The Balaban J connectivity index is 1.38. The van der Waals surface area contributed by atoms with Crippen LogP contribution in [0, 0.1) is 5.92 Å². The molecular formula is C41H47N3O4S2. The zero-order valence-electron chi connectivity index (χ0n) is 29.0. The van der Waals surface area contributed by atoms with E-state index >= 15 is 0 Å². The molecule has 0 aromatic heterocycles. The summed E-state index contributed by atoms with van der Waals surface area (Å²) in [6.45, 7) is 4.88. The van der Waals surface area contributed by atoms with E-state index in [-0.39, 0.29) is 18.4 Å². The molecule has 0 aliphatic carbocycles. The molecule has 9 heteroatoms. The van der Waals surface area contributed by atoms with E-state index in [1.807, 2.05) is 74.3 Å². The fourth-order valence-corrected chi connectivity index (χ4v) is 8.63. The van der Waals surface area contributed by atoms with E-state index in [0.717, 1.165) is 11.1 Å². The highest BCUT2D eigenvalue weighted by atomic mass is 32.2.